The topological polar surface area (TPSA) is 32.9 Å². The second-order valence-corrected chi connectivity index (χ2v) is 4.40. The third kappa shape index (κ3) is 2.59. The standard InChI is InChI=1S/C12H17NO/c1-9(2)12(3,4)8-10-5-6-13-11(14)7-10/h5-7H,1,8H2,2-4H3,(H,13,14). The Morgan fingerprint density at radius 1 is 1.57 bits per heavy atom. The van der Waals surface area contributed by atoms with Crippen molar-refractivity contribution in [1.29, 1.82) is 0 Å². The molecule has 0 bridgehead atoms. The van der Waals surface area contributed by atoms with Crippen molar-refractivity contribution in [1.82, 2.24) is 4.98 Å². The molecule has 14 heavy (non-hydrogen) atoms. The van der Waals surface area contributed by atoms with E-state index < -0.39 is 0 Å². The van der Waals surface area contributed by atoms with Gasteiger partial charge in [-0.25, -0.2) is 0 Å². The van der Waals surface area contributed by atoms with Crippen molar-refractivity contribution in [3.05, 3.63) is 46.4 Å². The molecule has 0 aliphatic carbocycles. The summed E-state index contributed by atoms with van der Waals surface area (Å²) in [5.74, 6) is 0. The third-order valence-electron chi connectivity index (χ3n) is 2.64. The quantitative estimate of drug-likeness (QED) is 0.732. The van der Waals surface area contributed by atoms with Gasteiger partial charge in [-0.15, -0.1) is 0 Å². The Morgan fingerprint density at radius 2 is 2.21 bits per heavy atom. The van der Waals surface area contributed by atoms with E-state index in [1.807, 2.05) is 13.0 Å². The highest BCUT2D eigenvalue weighted by Gasteiger charge is 2.19. The molecule has 0 aromatic carbocycles. The predicted octanol–water partition coefficient (Wildman–Crippen LogP) is 2.52. The summed E-state index contributed by atoms with van der Waals surface area (Å²) in [7, 11) is 0. The zero-order chi connectivity index (χ0) is 10.8. The summed E-state index contributed by atoms with van der Waals surface area (Å²) in [5.41, 5.74) is 2.20. The number of H-pyrrole nitrogens is 1. The first-order valence-electron chi connectivity index (χ1n) is 4.75. The summed E-state index contributed by atoms with van der Waals surface area (Å²) in [4.78, 5) is 13.7. The van der Waals surface area contributed by atoms with Gasteiger partial charge < -0.3 is 4.98 Å². The third-order valence-corrected chi connectivity index (χ3v) is 2.64. The Balaban J connectivity index is 2.89. The van der Waals surface area contributed by atoms with Crippen LogP contribution in [-0.2, 0) is 6.42 Å². The molecule has 0 aliphatic rings. The average molecular weight is 191 g/mol. The van der Waals surface area contributed by atoms with Gasteiger partial charge in [-0.3, -0.25) is 4.79 Å². The van der Waals surface area contributed by atoms with E-state index in [4.69, 9.17) is 0 Å². The number of rotatable bonds is 3. The smallest absolute Gasteiger partial charge is 0.248 e. The van der Waals surface area contributed by atoms with Gasteiger partial charge in [0.1, 0.15) is 0 Å². The second-order valence-electron chi connectivity index (χ2n) is 4.40. The van der Waals surface area contributed by atoms with Gasteiger partial charge in [-0.05, 0) is 30.4 Å². The molecular formula is C12H17NO. The first-order valence-corrected chi connectivity index (χ1v) is 4.75. The Kier molecular flexibility index (Phi) is 2.94. The van der Waals surface area contributed by atoms with E-state index in [-0.39, 0.29) is 11.0 Å². The lowest BCUT2D eigenvalue weighted by atomic mass is 9.80. The zero-order valence-corrected chi connectivity index (χ0v) is 9.05. The van der Waals surface area contributed by atoms with E-state index in [2.05, 4.69) is 25.4 Å². The van der Waals surface area contributed by atoms with Crippen LogP contribution in [0.3, 0.4) is 0 Å². The molecule has 0 radical (unpaired) electrons. The maximum Gasteiger partial charge on any atom is 0.248 e. The van der Waals surface area contributed by atoms with Gasteiger partial charge in [-0.1, -0.05) is 26.0 Å². The number of hydrogen-bond acceptors (Lipinski definition) is 1. The highest BCUT2D eigenvalue weighted by Crippen LogP contribution is 2.28. The van der Waals surface area contributed by atoms with Crippen molar-refractivity contribution in [2.45, 2.75) is 27.2 Å². The van der Waals surface area contributed by atoms with Crippen LogP contribution in [0.25, 0.3) is 0 Å². The molecule has 2 nitrogen and oxygen atoms in total. The van der Waals surface area contributed by atoms with Crippen molar-refractivity contribution in [3.63, 3.8) is 0 Å². The maximum absolute atomic E-state index is 11.1. The van der Waals surface area contributed by atoms with Gasteiger partial charge >= 0.3 is 0 Å². The Morgan fingerprint density at radius 3 is 2.71 bits per heavy atom. The van der Waals surface area contributed by atoms with Crippen LogP contribution in [0.2, 0.25) is 0 Å². The van der Waals surface area contributed by atoms with Crippen molar-refractivity contribution < 1.29 is 0 Å². The van der Waals surface area contributed by atoms with Crippen LogP contribution >= 0.6 is 0 Å². The minimum Gasteiger partial charge on any atom is -0.329 e. The van der Waals surface area contributed by atoms with E-state index in [0.717, 1.165) is 17.6 Å². The molecule has 0 atom stereocenters. The molecule has 1 rings (SSSR count). The minimum atomic E-state index is -0.0417. The van der Waals surface area contributed by atoms with Crippen LogP contribution in [0.15, 0.2) is 35.3 Å². The highest BCUT2D eigenvalue weighted by atomic mass is 16.1. The minimum absolute atomic E-state index is 0.0417. The van der Waals surface area contributed by atoms with Crippen molar-refractivity contribution in [2.75, 3.05) is 0 Å². The molecule has 0 spiro atoms. The van der Waals surface area contributed by atoms with Crippen molar-refractivity contribution in [3.8, 4) is 0 Å². The molecule has 1 heterocycles. The van der Waals surface area contributed by atoms with Crippen LogP contribution < -0.4 is 5.56 Å². The Hall–Kier alpha value is -1.31. The molecule has 0 saturated carbocycles. The monoisotopic (exact) mass is 191 g/mol. The number of aromatic nitrogens is 1. The van der Waals surface area contributed by atoms with Crippen LogP contribution in [0, 0.1) is 5.41 Å². The Bertz CT molecular complexity index is 387. The number of pyridine rings is 1. The maximum atomic E-state index is 11.1. The molecular weight excluding hydrogens is 174 g/mol. The van der Waals surface area contributed by atoms with Crippen LogP contribution in [0.4, 0.5) is 0 Å². The molecule has 2 heteroatoms. The Labute approximate surface area is 84.7 Å². The lowest BCUT2D eigenvalue weighted by Gasteiger charge is -2.24. The number of nitrogens with one attached hydrogen (secondary N) is 1. The lowest BCUT2D eigenvalue weighted by molar-refractivity contribution is 0.445. The molecule has 0 unspecified atom stereocenters. The summed E-state index contributed by atoms with van der Waals surface area (Å²) in [6, 6.07) is 3.58. The molecule has 1 aromatic heterocycles. The molecule has 1 aromatic rings. The van der Waals surface area contributed by atoms with Gasteiger partial charge in [-0.2, -0.15) is 0 Å². The average Bonchev–Trinajstić information content (AvgIpc) is 2.02. The van der Waals surface area contributed by atoms with Gasteiger partial charge in [0.25, 0.3) is 0 Å². The fourth-order valence-corrected chi connectivity index (χ4v) is 1.26. The van der Waals surface area contributed by atoms with Gasteiger partial charge in [0, 0.05) is 12.3 Å². The van der Waals surface area contributed by atoms with Crippen molar-refractivity contribution >= 4 is 0 Å². The molecule has 76 valence electrons. The highest BCUT2D eigenvalue weighted by molar-refractivity contribution is 5.16. The summed E-state index contributed by atoms with van der Waals surface area (Å²) in [6.07, 6.45) is 2.54. The number of aromatic amines is 1. The fraction of sp³-hybridized carbons (Fsp3) is 0.417. The number of allylic oxidation sites excluding steroid dienone is 1. The van der Waals surface area contributed by atoms with E-state index in [1.54, 1.807) is 12.3 Å². The summed E-state index contributed by atoms with van der Waals surface area (Å²) in [5, 5.41) is 0. The summed E-state index contributed by atoms with van der Waals surface area (Å²) in [6.45, 7) is 10.3. The predicted molar refractivity (Wildman–Crippen MR) is 59.4 cm³/mol. The molecule has 0 saturated heterocycles. The summed E-state index contributed by atoms with van der Waals surface area (Å²) < 4.78 is 0. The summed E-state index contributed by atoms with van der Waals surface area (Å²) >= 11 is 0. The van der Waals surface area contributed by atoms with Gasteiger partial charge in [0.2, 0.25) is 5.56 Å². The van der Waals surface area contributed by atoms with Crippen LogP contribution in [0.5, 0.6) is 0 Å². The van der Waals surface area contributed by atoms with E-state index in [1.165, 1.54) is 0 Å². The second kappa shape index (κ2) is 3.82. The normalized spacial score (nSPS) is 11.4. The van der Waals surface area contributed by atoms with E-state index in [9.17, 15) is 4.79 Å². The van der Waals surface area contributed by atoms with Crippen LogP contribution in [0.1, 0.15) is 26.3 Å². The van der Waals surface area contributed by atoms with Gasteiger partial charge in [0.05, 0.1) is 0 Å². The zero-order valence-electron chi connectivity index (χ0n) is 9.05. The van der Waals surface area contributed by atoms with Crippen molar-refractivity contribution in [2.24, 2.45) is 5.41 Å². The lowest BCUT2D eigenvalue weighted by Crippen LogP contribution is -2.17. The molecule has 1 N–H and O–H groups in total. The first-order chi connectivity index (χ1) is 6.42. The van der Waals surface area contributed by atoms with Crippen LogP contribution in [-0.4, -0.2) is 4.98 Å². The molecule has 0 aliphatic heterocycles. The largest absolute Gasteiger partial charge is 0.329 e. The number of hydrogen-bond donors (Lipinski definition) is 1. The molecule has 0 fully saturated rings. The van der Waals surface area contributed by atoms with Gasteiger partial charge in [0.15, 0.2) is 0 Å². The van der Waals surface area contributed by atoms with E-state index in [0.29, 0.717) is 0 Å². The van der Waals surface area contributed by atoms with E-state index >= 15 is 0 Å². The fourth-order valence-electron chi connectivity index (χ4n) is 1.26. The molecule has 0 amide bonds. The first kappa shape index (κ1) is 10.8. The SMILES string of the molecule is C=C(C)C(C)(C)Cc1cc[nH]c(=O)c1.